The van der Waals surface area contributed by atoms with Gasteiger partial charge in [-0.15, -0.1) is 0 Å². The van der Waals surface area contributed by atoms with Crippen LogP contribution in [-0.4, -0.2) is 47.1 Å². The number of likely N-dealkylation sites (tertiary alicyclic amines) is 1. The molecule has 4 rings (SSSR count). The standard InChI is InChI=1S/C17H16ClN3O3/c18-12-3-1-2-11-4-5-13(20-14(11)12)15(22)21-8-6-17(7-9-21)10-19-16(23)24-17/h1-5H,6-10H2,(H,19,23). The summed E-state index contributed by atoms with van der Waals surface area (Å²) in [7, 11) is 0. The summed E-state index contributed by atoms with van der Waals surface area (Å²) in [4.78, 5) is 30.2. The lowest BCUT2D eigenvalue weighted by Crippen LogP contribution is -2.48. The molecular weight excluding hydrogens is 330 g/mol. The Hall–Kier alpha value is -2.34. The minimum atomic E-state index is -0.464. The van der Waals surface area contributed by atoms with Gasteiger partial charge in [-0.25, -0.2) is 9.78 Å². The third kappa shape index (κ3) is 2.57. The fraction of sp³-hybridized carbons (Fsp3) is 0.353. The van der Waals surface area contributed by atoms with E-state index in [-0.39, 0.29) is 12.0 Å². The first-order chi connectivity index (χ1) is 11.6. The lowest BCUT2D eigenvalue weighted by molar-refractivity contribution is 0.00315. The number of ether oxygens (including phenoxy) is 1. The Morgan fingerprint density at radius 1 is 1.25 bits per heavy atom. The van der Waals surface area contributed by atoms with E-state index in [4.69, 9.17) is 16.3 Å². The molecule has 0 radical (unpaired) electrons. The fourth-order valence-corrected chi connectivity index (χ4v) is 3.51. The Morgan fingerprint density at radius 2 is 2.04 bits per heavy atom. The van der Waals surface area contributed by atoms with Crippen molar-refractivity contribution in [2.24, 2.45) is 0 Å². The zero-order valence-corrected chi connectivity index (χ0v) is 13.7. The van der Waals surface area contributed by atoms with E-state index in [1.54, 1.807) is 17.0 Å². The van der Waals surface area contributed by atoms with Crippen molar-refractivity contribution in [2.75, 3.05) is 19.6 Å². The number of pyridine rings is 1. The van der Waals surface area contributed by atoms with Gasteiger partial charge >= 0.3 is 6.09 Å². The third-order valence-corrected chi connectivity index (χ3v) is 5.02. The minimum absolute atomic E-state index is 0.121. The molecule has 1 spiro atoms. The summed E-state index contributed by atoms with van der Waals surface area (Å²) in [6.07, 6.45) is 0.887. The molecule has 0 atom stereocenters. The van der Waals surface area contributed by atoms with E-state index in [9.17, 15) is 9.59 Å². The average molecular weight is 346 g/mol. The number of alkyl carbamates (subject to hydrolysis) is 1. The zero-order valence-electron chi connectivity index (χ0n) is 12.9. The molecule has 24 heavy (non-hydrogen) atoms. The molecule has 1 aromatic carbocycles. The number of carbonyl (C=O) groups excluding carboxylic acids is 2. The van der Waals surface area contributed by atoms with E-state index in [0.717, 1.165) is 5.39 Å². The maximum atomic E-state index is 12.7. The van der Waals surface area contributed by atoms with E-state index in [1.807, 2.05) is 18.2 Å². The molecule has 7 heteroatoms. The van der Waals surface area contributed by atoms with Crippen LogP contribution in [0.2, 0.25) is 5.02 Å². The van der Waals surface area contributed by atoms with Crippen LogP contribution < -0.4 is 5.32 Å². The second kappa shape index (κ2) is 5.63. The molecule has 2 aliphatic heterocycles. The van der Waals surface area contributed by atoms with E-state index in [1.165, 1.54) is 0 Å². The van der Waals surface area contributed by atoms with Gasteiger partial charge in [-0.3, -0.25) is 4.79 Å². The maximum absolute atomic E-state index is 12.7. The topological polar surface area (TPSA) is 71.5 Å². The summed E-state index contributed by atoms with van der Waals surface area (Å²) < 4.78 is 5.38. The predicted octanol–water partition coefficient (Wildman–Crippen LogP) is 2.60. The quantitative estimate of drug-likeness (QED) is 0.862. The fourth-order valence-electron chi connectivity index (χ4n) is 3.29. The molecule has 0 unspecified atom stereocenters. The van der Waals surface area contributed by atoms with E-state index in [2.05, 4.69) is 10.3 Å². The summed E-state index contributed by atoms with van der Waals surface area (Å²) in [5.41, 5.74) is 0.550. The van der Waals surface area contributed by atoms with E-state index in [0.29, 0.717) is 48.7 Å². The predicted molar refractivity (Wildman–Crippen MR) is 89.1 cm³/mol. The number of fused-ring (bicyclic) bond motifs is 1. The molecule has 2 fully saturated rings. The molecule has 1 N–H and O–H groups in total. The molecule has 2 amide bonds. The second-order valence-corrected chi connectivity index (χ2v) is 6.63. The van der Waals surface area contributed by atoms with Crippen molar-refractivity contribution < 1.29 is 14.3 Å². The van der Waals surface area contributed by atoms with Crippen LogP contribution in [0.3, 0.4) is 0 Å². The number of amides is 2. The van der Waals surface area contributed by atoms with Crippen molar-refractivity contribution in [2.45, 2.75) is 18.4 Å². The third-order valence-electron chi connectivity index (χ3n) is 4.72. The van der Waals surface area contributed by atoms with Crippen molar-refractivity contribution in [3.63, 3.8) is 0 Å². The number of benzene rings is 1. The van der Waals surface area contributed by atoms with Gasteiger partial charge in [0.2, 0.25) is 0 Å². The Labute approximate surface area is 143 Å². The first kappa shape index (κ1) is 15.2. The molecule has 0 aliphatic carbocycles. The summed E-state index contributed by atoms with van der Waals surface area (Å²) in [5.74, 6) is -0.121. The molecule has 0 bridgehead atoms. The summed E-state index contributed by atoms with van der Waals surface area (Å²) in [6, 6.07) is 9.11. The highest BCUT2D eigenvalue weighted by Gasteiger charge is 2.43. The van der Waals surface area contributed by atoms with Crippen molar-refractivity contribution >= 4 is 34.5 Å². The molecule has 124 valence electrons. The number of rotatable bonds is 1. The van der Waals surface area contributed by atoms with Gasteiger partial charge in [0.1, 0.15) is 11.3 Å². The van der Waals surface area contributed by atoms with E-state index >= 15 is 0 Å². The molecule has 1 aromatic heterocycles. The first-order valence-electron chi connectivity index (χ1n) is 7.88. The van der Waals surface area contributed by atoms with Gasteiger partial charge in [-0.2, -0.15) is 0 Å². The van der Waals surface area contributed by atoms with Crippen molar-refractivity contribution in [3.05, 3.63) is 41.0 Å². The van der Waals surface area contributed by atoms with Crippen LogP contribution in [0.4, 0.5) is 4.79 Å². The molecule has 6 nitrogen and oxygen atoms in total. The average Bonchev–Trinajstić information content (AvgIpc) is 2.95. The van der Waals surface area contributed by atoms with Crippen LogP contribution in [0.15, 0.2) is 30.3 Å². The molecule has 3 heterocycles. The van der Waals surface area contributed by atoms with Crippen LogP contribution >= 0.6 is 11.6 Å². The van der Waals surface area contributed by atoms with Gasteiger partial charge in [0, 0.05) is 31.3 Å². The molecule has 2 aromatic rings. The highest BCUT2D eigenvalue weighted by atomic mass is 35.5. The lowest BCUT2D eigenvalue weighted by atomic mass is 9.91. The van der Waals surface area contributed by atoms with Crippen LogP contribution in [0.5, 0.6) is 0 Å². The highest BCUT2D eigenvalue weighted by molar-refractivity contribution is 6.35. The second-order valence-electron chi connectivity index (χ2n) is 6.23. The number of piperidine rings is 1. The van der Waals surface area contributed by atoms with Gasteiger partial charge in [0.05, 0.1) is 17.1 Å². The normalized spacial score (nSPS) is 19.4. The molecule has 2 saturated heterocycles. The Bertz CT molecular complexity index is 831. The summed E-state index contributed by atoms with van der Waals surface area (Å²) in [6.45, 7) is 1.59. The largest absolute Gasteiger partial charge is 0.441 e. The Kier molecular flexibility index (Phi) is 3.57. The van der Waals surface area contributed by atoms with Crippen LogP contribution in [-0.2, 0) is 4.74 Å². The molecule has 2 aliphatic rings. The van der Waals surface area contributed by atoms with Crippen LogP contribution in [0.1, 0.15) is 23.3 Å². The first-order valence-corrected chi connectivity index (χ1v) is 8.26. The van der Waals surface area contributed by atoms with Gasteiger partial charge in [0.15, 0.2) is 0 Å². The van der Waals surface area contributed by atoms with Crippen LogP contribution in [0, 0.1) is 0 Å². The number of hydrogen-bond acceptors (Lipinski definition) is 4. The number of carbonyl (C=O) groups is 2. The number of aromatic nitrogens is 1. The van der Waals surface area contributed by atoms with E-state index < -0.39 is 5.60 Å². The van der Waals surface area contributed by atoms with Crippen LogP contribution in [0.25, 0.3) is 10.9 Å². The summed E-state index contributed by atoms with van der Waals surface area (Å²) >= 11 is 6.17. The summed E-state index contributed by atoms with van der Waals surface area (Å²) in [5, 5.41) is 4.13. The SMILES string of the molecule is O=C1NCC2(CCN(C(=O)c3ccc4cccc(Cl)c4n3)CC2)O1. The van der Waals surface area contributed by atoms with Gasteiger partial charge in [-0.05, 0) is 12.1 Å². The van der Waals surface area contributed by atoms with Crippen molar-refractivity contribution in [1.82, 2.24) is 15.2 Å². The minimum Gasteiger partial charge on any atom is -0.441 e. The van der Waals surface area contributed by atoms with Gasteiger partial charge in [0.25, 0.3) is 5.91 Å². The monoisotopic (exact) mass is 345 g/mol. The Morgan fingerprint density at radius 3 is 2.75 bits per heavy atom. The van der Waals surface area contributed by atoms with Crippen molar-refractivity contribution in [1.29, 1.82) is 0 Å². The van der Waals surface area contributed by atoms with Gasteiger partial charge in [-0.1, -0.05) is 29.8 Å². The number of halogens is 1. The number of para-hydroxylation sites is 1. The van der Waals surface area contributed by atoms with Gasteiger partial charge < -0.3 is 15.0 Å². The highest BCUT2D eigenvalue weighted by Crippen LogP contribution is 2.30. The molecule has 0 saturated carbocycles. The number of hydrogen-bond donors (Lipinski definition) is 1. The Balaban J connectivity index is 1.52. The maximum Gasteiger partial charge on any atom is 0.407 e. The zero-order chi connectivity index (χ0) is 16.7. The number of nitrogens with one attached hydrogen (secondary N) is 1. The smallest absolute Gasteiger partial charge is 0.407 e. The number of nitrogens with zero attached hydrogens (tertiary/aromatic N) is 2. The van der Waals surface area contributed by atoms with Crippen molar-refractivity contribution in [3.8, 4) is 0 Å². The lowest BCUT2D eigenvalue weighted by Gasteiger charge is -2.36. The molecular formula is C17H16ClN3O3.